The van der Waals surface area contributed by atoms with Gasteiger partial charge in [0.1, 0.15) is 6.10 Å². The summed E-state index contributed by atoms with van der Waals surface area (Å²) in [6, 6.07) is 0. The molecule has 0 radical (unpaired) electrons. The van der Waals surface area contributed by atoms with Gasteiger partial charge in [-0.1, -0.05) is 13.8 Å². The lowest BCUT2D eigenvalue weighted by molar-refractivity contribution is -0.262. The minimum Gasteiger partial charge on any atom is -0.394 e. The Balaban J connectivity index is 1.92. The van der Waals surface area contributed by atoms with Gasteiger partial charge in [0.2, 0.25) is 0 Å². The number of ether oxygens (including phenoxy) is 2. The van der Waals surface area contributed by atoms with Gasteiger partial charge in [0, 0.05) is 12.8 Å². The Kier molecular flexibility index (Phi) is 1.72. The van der Waals surface area contributed by atoms with Crippen LogP contribution in [0, 0.1) is 5.41 Å². The molecule has 0 bridgehead atoms. The zero-order valence-corrected chi connectivity index (χ0v) is 7.67. The zero-order chi connectivity index (χ0) is 8.82. The van der Waals surface area contributed by atoms with Gasteiger partial charge in [-0.15, -0.1) is 0 Å². The minimum atomic E-state index is -0.336. The molecule has 0 aromatic heterocycles. The van der Waals surface area contributed by atoms with E-state index >= 15 is 0 Å². The summed E-state index contributed by atoms with van der Waals surface area (Å²) < 4.78 is 11.1. The van der Waals surface area contributed by atoms with Crippen molar-refractivity contribution in [1.82, 2.24) is 0 Å². The number of aliphatic hydroxyl groups excluding tert-OH is 1. The number of aliphatic hydroxyl groups is 1. The summed E-state index contributed by atoms with van der Waals surface area (Å²) in [6.07, 6.45) is 1.81. The van der Waals surface area contributed by atoms with E-state index in [2.05, 4.69) is 13.8 Å². The third kappa shape index (κ3) is 1.26. The van der Waals surface area contributed by atoms with Crippen molar-refractivity contribution in [2.75, 3.05) is 13.2 Å². The highest BCUT2D eigenvalue weighted by Crippen LogP contribution is 2.53. The third-order valence-electron chi connectivity index (χ3n) is 2.61. The number of hydrogen-bond acceptors (Lipinski definition) is 3. The maximum absolute atomic E-state index is 8.84. The first-order chi connectivity index (χ1) is 5.55. The van der Waals surface area contributed by atoms with Crippen molar-refractivity contribution < 1.29 is 14.6 Å². The Hall–Kier alpha value is -0.120. The first-order valence-electron chi connectivity index (χ1n) is 4.48. The standard InChI is InChI=1S/C9H16O3/c1-8(2)5-9(6-8)11-4-7(3-10)12-9/h7,10H,3-6H2,1-2H3. The Morgan fingerprint density at radius 1 is 1.42 bits per heavy atom. The van der Waals surface area contributed by atoms with Crippen molar-refractivity contribution in [3.05, 3.63) is 0 Å². The van der Waals surface area contributed by atoms with Crippen LogP contribution in [0.25, 0.3) is 0 Å². The molecule has 1 heterocycles. The second-order valence-corrected chi connectivity index (χ2v) is 4.66. The van der Waals surface area contributed by atoms with E-state index in [-0.39, 0.29) is 18.5 Å². The van der Waals surface area contributed by atoms with Crippen molar-refractivity contribution in [3.8, 4) is 0 Å². The summed E-state index contributed by atoms with van der Waals surface area (Å²) in [7, 11) is 0. The normalized spacial score (nSPS) is 36.8. The lowest BCUT2D eigenvalue weighted by atomic mass is 9.67. The van der Waals surface area contributed by atoms with Crippen molar-refractivity contribution >= 4 is 0 Å². The Morgan fingerprint density at radius 3 is 2.50 bits per heavy atom. The highest BCUT2D eigenvalue weighted by Gasteiger charge is 2.55. The van der Waals surface area contributed by atoms with Gasteiger partial charge in [0.25, 0.3) is 0 Å². The average molecular weight is 172 g/mol. The van der Waals surface area contributed by atoms with E-state index < -0.39 is 0 Å². The highest BCUT2D eigenvalue weighted by molar-refractivity contribution is 4.97. The van der Waals surface area contributed by atoms with Crippen LogP contribution in [-0.2, 0) is 9.47 Å². The first kappa shape index (κ1) is 8.48. The van der Waals surface area contributed by atoms with Gasteiger partial charge in [-0.2, -0.15) is 0 Å². The van der Waals surface area contributed by atoms with E-state index in [0.29, 0.717) is 12.0 Å². The van der Waals surface area contributed by atoms with Crippen LogP contribution < -0.4 is 0 Å². The van der Waals surface area contributed by atoms with E-state index in [1.54, 1.807) is 0 Å². The smallest absolute Gasteiger partial charge is 0.170 e. The molecule has 12 heavy (non-hydrogen) atoms. The van der Waals surface area contributed by atoms with Crippen LogP contribution in [0.3, 0.4) is 0 Å². The quantitative estimate of drug-likeness (QED) is 0.639. The highest BCUT2D eigenvalue weighted by atomic mass is 16.7. The van der Waals surface area contributed by atoms with Gasteiger partial charge >= 0.3 is 0 Å². The second-order valence-electron chi connectivity index (χ2n) is 4.66. The molecular weight excluding hydrogens is 156 g/mol. The van der Waals surface area contributed by atoms with E-state index in [0.717, 1.165) is 12.8 Å². The molecule has 1 unspecified atom stereocenters. The van der Waals surface area contributed by atoms with Gasteiger partial charge in [0.15, 0.2) is 5.79 Å². The maximum atomic E-state index is 8.84. The topological polar surface area (TPSA) is 38.7 Å². The summed E-state index contributed by atoms with van der Waals surface area (Å²) in [5.74, 6) is -0.336. The molecule has 1 N–H and O–H groups in total. The van der Waals surface area contributed by atoms with Crippen LogP contribution in [0.1, 0.15) is 26.7 Å². The van der Waals surface area contributed by atoms with Gasteiger partial charge in [0.05, 0.1) is 13.2 Å². The molecule has 3 heteroatoms. The Labute approximate surface area is 72.7 Å². The van der Waals surface area contributed by atoms with Crippen molar-refractivity contribution in [2.24, 2.45) is 5.41 Å². The molecule has 1 saturated heterocycles. The molecule has 1 spiro atoms. The predicted molar refractivity (Wildman–Crippen MR) is 43.7 cm³/mol. The monoisotopic (exact) mass is 172 g/mol. The fourth-order valence-corrected chi connectivity index (χ4v) is 2.30. The minimum absolute atomic E-state index is 0.0716. The summed E-state index contributed by atoms with van der Waals surface area (Å²) in [4.78, 5) is 0. The Bertz CT molecular complexity index is 180. The molecule has 2 fully saturated rings. The molecule has 0 aromatic rings. The lowest BCUT2D eigenvalue weighted by Gasteiger charge is -2.49. The van der Waals surface area contributed by atoms with Crippen LogP contribution in [0.4, 0.5) is 0 Å². The molecule has 1 aliphatic heterocycles. The largest absolute Gasteiger partial charge is 0.394 e. The van der Waals surface area contributed by atoms with Gasteiger partial charge in [-0.05, 0) is 5.41 Å². The van der Waals surface area contributed by atoms with Crippen LogP contribution in [0.15, 0.2) is 0 Å². The fraction of sp³-hybridized carbons (Fsp3) is 1.00. The van der Waals surface area contributed by atoms with Crippen LogP contribution in [0.5, 0.6) is 0 Å². The molecule has 0 amide bonds. The third-order valence-corrected chi connectivity index (χ3v) is 2.61. The Morgan fingerprint density at radius 2 is 2.08 bits per heavy atom. The summed E-state index contributed by atoms with van der Waals surface area (Å²) in [6.45, 7) is 5.03. The second kappa shape index (κ2) is 2.44. The molecule has 1 saturated carbocycles. The molecule has 3 nitrogen and oxygen atoms in total. The zero-order valence-electron chi connectivity index (χ0n) is 7.67. The van der Waals surface area contributed by atoms with E-state index in [4.69, 9.17) is 14.6 Å². The molecule has 1 aliphatic carbocycles. The summed E-state index contributed by atoms with van der Waals surface area (Å²) in [5.41, 5.74) is 0.352. The first-order valence-corrected chi connectivity index (χ1v) is 4.48. The van der Waals surface area contributed by atoms with Crippen molar-refractivity contribution in [3.63, 3.8) is 0 Å². The van der Waals surface area contributed by atoms with Gasteiger partial charge in [-0.25, -0.2) is 0 Å². The molecule has 70 valence electrons. The van der Waals surface area contributed by atoms with E-state index in [1.165, 1.54) is 0 Å². The predicted octanol–water partition coefficient (Wildman–Crippen LogP) is 0.910. The summed E-state index contributed by atoms with van der Waals surface area (Å²) in [5, 5.41) is 8.84. The van der Waals surface area contributed by atoms with Crippen molar-refractivity contribution in [1.29, 1.82) is 0 Å². The SMILES string of the molecule is CC1(C)CC2(C1)OCC(CO)O2. The van der Waals surface area contributed by atoms with Crippen molar-refractivity contribution in [2.45, 2.75) is 38.6 Å². The van der Waals surface area contributed by atoms with E-state index in [9.17, 15) is 0 Å². The fourth-order valence-electron chi connectivity index (χ4n) is 2.30. The van der Waals surface area contributed by atoms with Crippen LogP contribution in [0.2, 0.25) is 0 Å². The molecule has 0 aromatic carbocycles. The van der Waals surface area contributed by atoms with Gasteiger partial charge < -0.3 is 14.6 Å². The van der Waals surface area contributed by atoms with Gasteiger partial charge in [-0.3, -0.25) is 0 Å². The molecule has 2 rings (SSSR count). The number of rotatable bonds is 1. The van der Waals surface area contributed by atoms with Crippen LogP contribution in [-0.4, -0.2) is 30.2 Å². The van der Waals surface area contributed by atoms with Crippen LogP contribution >= 0.6 is 0 Å². The molecule has 1 atom stereocenters. The summed E-state index contributed by atoms with van der Waals surface area (Å²) >= 11 is 0. The maximum Gasteiger partial charge on any atom is 0.170 e. The average Bonchev–Trinajstić information content (AvgIpc) is 2.29. The molecular formula is C9H16O3. The number of hydrogen-bond donors (Lipinski definition) is 1. The lowest BCUT2D eigenvalue weighted by Crippen LogP contribution is -2.50. The van der Waals surface area contributed by atoms with E-state index in [1.807, 2.05) is 0 Å². The molecule has 2 aliphatic rings.